The van der Waals surface area contributed by atoms with Crippen molar-refractivity contribution in [1.82, 2.24) is 15.5 Å². The van der Waals surface area contributed by atoms with Crippen molar-refractivity contribution in [1.29, 1.82) is 0 Å². The molecule has 0 unspecified atom stereocenters. The molecule has 0 spiro atoms. The molecular formula is C15H20N4O. The van der Waals surface area contributed by atoms with Gasteiger partial charge in [-0.2, -0.15) is 4.98 Å². The molecular weight excluding hydrogens is 252 g/mol. The zero-order chi connectivity index (χ0) is 13.8. The van der Waals surface area contributed by atoms with Crippen molar-refractivity contribution in [3.8, 4) is 0 Å². The molecule has 106 valence electrons. The van der Waals surface area contributed by atoms with Crippen molar-refractivity contribution in [2.24, 2.45) is 0 Å². The molecule has 0 radical (unpaired) electrons. The van der Waals surface area contributed by atoms with E-state index in [2.05, 4.69) is 51.5 Å². The van der Waals surface area contributed by atoms with Crippen LogP contribution in [0.3, 0.4) is 0 Å². The summed E-state index contributed by atoms with van der Waals surface area (Å²) in [6.07, 6.45) is 1.88. The van der Waals surface area contributed by atoms with Gasteiger partial charge in [-0.1, -0.05) is 30.3 Å². The lowest BCUT2D eigenvalue weighted by molar-refractivity contribution is 0.371. The first-order valence-corrected chi connectivity index (χ1v) is 7.22. The van der Waals surface area contributed by atoms with E-state index >= 15 is 0 Å². The van der Waals surface area contributed by atoms with E-state index in [1.807, 2.05) is 0 Å². The van der Waals surface area contributed by atoms with Crippen molar-refractivity contribution in [3.05, 3.63) is 41.5 Å². The van der Waals surface area contributed by atoms with Gasteiger partial charge in [0, 0.05) is 31.7 Å². The Morgan fingerprint density at radius 2 is 2.25 bits per heavy atom. The summed E-state index contributed by atoms with van der Waals surface area (Å²) in [4.78, 5) is 6.77. The van der Waals surface area contributed by atoms with E-state index in [1.54, 1.807) is 0 Å². The van der Waals surface area contributed by atoms with Gasteiger partial charge in [0.2, 0.25) is 5.89 Å². The SMILES string of the molecule is CCCc1nc(CN2CCNCc3ccccc32)no1. The summed E-state index contributed by atoms with van der Waals surface area (Å²) in [7, 11) is 0. The summed E-state index contributed by atoms with van der Waals surface area (Å²) in [6.45, 7) is 5.65. The molecule has 0 amide bonds. The van der Waals surface area contributed by atoms with Crippen LogP contribution in [0.25, 0.3) is 0 Å². The Bertz CT molecular complexity index is 567. The van der Waals surface area contributed by atoms with Crippen molar-refractivity contribution >= 4 is 5.69 Å². The maximum absolute atomic E-state index is 5.26. The normalized spacial score (nSPS) is 14.9. The maximum atomic E-state index is 5.26. The standard InChI is InChI=1S/C15H20N4O/c1-2-5-15-17-14(18-20-15)11-19-9-8-16-10-12-6-3-4-7-13(12)19/h3-4,6-7,16H,2,5,8-11H2,1H3. The Labute approximate surface area is 119 Å². The Morgan fingerprint density at radius 3 is 3.15 bits per heavy atom. The fraction of sp³-hybridized carbons (Fsp3) is 0.467. The third-order valence-electron chi connectivity index (χ3n) is 3.51. The quantitative estimate of drug-likeness (QED) is 0.924. The second-order valence-corrected chi connectivity index (χ2v) is 5.08. The number of aryl methyl sites for hydroxylation is 1. The number of rotatable bonds is 4. The van der Waals surface area contributed by atoms with Gasteiger partial charge in [-0.25, -0.2) is 0 Å². The molecule has 0 atom stereocenters. The van der Waals surface area contributed by atoms with Gasteiger partial charge < -0.3 is 14.7 Å². The number of fused-ring (bicyclic) bond motifs is 1. The van der Waals surface area contributed by atoms with Crippen molar-refractivity contribution in [3.63, 3.8) is 0 Å². The van der Waals surface area contributed by atoms with E-state index in [1.165, 1.54) is 11.3 Å². The molecule has 5 heteroatoms. The molecule has 1 aromatic heterocycles. The van der Waals surface area contributed by atoms with Gasteiger partial charge >= 0.3 is 0 Å². The van der Waals surface area contributed by atoms with E-state index in [0.717, 1.165) is 44.2 Å². The predicted octanol–water partition coefficient (Wildman–Crippen LogP) is 2.13. The molecule has 2 aromatic rings. The first-order chi connectivity index (χ1) is 9.86. The van der Waals surface area contributed by atoms with Crippen molar-refractivity contribution in [2.75, 3.05) is 18.0 Å². The highest BCUT2D eigenvalue weighted by Gasteiger charge is 2.17. The molecule has 1 aliphatic rings. The first-order valence-electron chi connectivity index (χ1n) is 7.22. The highest BCUT2D eigenvalue weighted by molar-refractivity contribution is 5.54. The topological polar surface area (TPSA) is 54.2 Å². The largest absolute Gasteiger partial charge is 0.362 e. The number of anilines is 1. The summed E-state index contributed by atoms with van der Waals surface area (Å²) in [5, 5.41) is 7.52. The molecule has 0 saturated carbocycles. The molecule has 0 bridgehead atoms. The second kappa shape index (κ2) is 6.05. The Morgan fingerprint density at radius 1 is 1.35 bits per heavy atom. The van der Waals surface area contributed by atoms with Crippen LogP contribution < -0.4 is 10.2 Å². The lowest BCUT2D eigenvalue weighted by Crippen LogP contribution is -2.28. The van der Waals surface area contributed by atoms with Crippen molar-refractivity contribution < 1.29 is 4.52 Å². The Hall–Kier alpha value is -1.88. The summed E-state index contributed by atoms with van der Waals surface area (Å²) in [5.41, 5.74) is 2.58. The zero-order valence-corrected chi connectivity index (χ0v) is 11.8. The molecule has 2 heterocycles. The number of hydrogen-bond donors (Lipinski definition) is 1. The molecule has 1 N–H and O–H groups in total. The minimum Gasteiger partial charge on any atom is -0.362 e. The maximum Gasteiger partial charge on any atom is 0.226 e. The number of nitrogens with zero attached hydrogens (tertiary/aromatic N) is 3. The van der Waals surface area contributed by atoms with Gasteiger partial charge in [0.05, 0.1) is 6.54 Å². The van der Waals surface area contributed by atoms with E-state index in [0.29, 0.717) is 6.54 Å². The van der Waals surface area contributed by atoms with Gasteiger partial charge in [0.15, 0.2) is 5.82 Å². The highest BCUT2D eigenvalue weighted by atomic mass is 16.5. The smallest absolute Gasteiger partial charge is 0.226 e. The summed E-state index contributed by atoms with van der Waals surface area (Å²) < 4.78 is 5.26. The molecule has 0 fully saturated rings. The zero-order valence-electron chi connectivity index (χ0n) is 11.8. The summed E-state index contributed by atoms with van der Waals surface area (Å²) >= 11 is 0. The minimum absolute atomic E-state index is 0.700. The Kier molecular flexibility index (Phi) is 3.97. The fourth-order valence-electron chi connectivity index (χ4n) is 2.53. The number of aromatic nitrogens is 2. The van der Waals surface area contributed by atoms with E-state index in [4.69, 9.17) is 4.52 Å². The number of para-hydroxylation sites is 1. The van der Waals surface area contributed by atoms with Gasteiger partial charge in [-0.3, -0.25) is 0 Å². The molecule has 5 nitrogen and oxygen atoms in total. The van der Waals surface area contributed by atoms with Gasteiger partial charge in [0.25, 0.3) is 0 Å². The van der Waals surface area contributed by atoms with Crippen LogP contribution in [0, 0.1) is 0 Å². The third-order valence-corrected chi connectivity index (χ3v) is 3.51. The van der Waals surface area contributed by atoms with Gasteiger partial charge in [-0.15, -0.1) is 0 Å². The van der Waals surface area contributed by atoms with Gasteiger partial charge in [0.1, 0.15) is 0 Å². The van der Waals surface area contributed by atoms with Crippen LogP contribution in [-0.2, 0) is 19.5 Å². The molecule has 1 aliphatic heterocycles. The highest BCUT2D eigenvalue weighted by Crippen LogP contribution is 2.23. The van der Waals surface area contributed by atoms with Crippen LogP contribution in [0.4, 0.5) is 5.69 Å². The average molecular weight is 272 g/mol. The fourth-order valence-corrected chi connectivity index (χ4v) is 2.53. The summed E-state index contributed by atoms with van der Waals surface area (Å²) in [5.74, 6) is 1.51. The van der Waals surface area contributed by atoms with Crippen LogP contribution in [0.1, 0.15) is 30.6 Å². The average Bonchev–Trinajstić information content (AvgIpc) is 2.80. The van der Waals surface area contributed by atoms with Gasteiger partial charge in [-0.05, 0) is 18.1 Å². The van der Waals surface area contributed by atoms with Crippen LogP contribution in [-0.4, -0.2) is 23.2 Å². The number of benzene rings is 1. The lowest BCUT2D eigenvalue weighted by Gasteiger charge is -2.22. The third kappa shape index (κ3) is 2.82. The minimum atomic E-state index is 0.700. The van der Waals surface area contributed by atoms with Crippen LogP contribution in [0.2, 0.25) is 0 Å². The van der Waals surface area contributed by atoms with E-state index in [9.17, 15) is 0 Å². The summed E-state index contributed by atoms with van der Waals surface area (Å²) in [6, 6.07) is 8.49. The van der Waals surface area contributed by atoms with Crippen LogP contribution in [0.5, 0.6) is 0 Å². The molecule has 1 aromatic carbocycles. The van der Waals surface area contributed by atoms with E-state index < -0.39 is 0 Å². The number of nitrogens with one attached hydrogen (secondary N) is 1. The number of hydrogen-bond acceptors (Lipinski definition) is 5. The Balaban J connectivity index is 1.79. The molecule has 0 aliphatic carbocycles. The predicted molar refractivity (Wildman–Crippen MR) is 77.5 cm³/mol. The lowest BCUT2D eigenvalue weighted by atomic mass is 10.1. The van der Waals surface area contributed by atoms with Crippen LogP contribution >= 0.6 is 0 Å². The monoisotopic (exact) mass is 272 g/mol. The molecule has 3 rings (SSSR count). The molecule has 0 saturated heterocycles. The molecule has 20 heavy (non-hydrogen) atoms. The van der Waals surface area contributed by atoms with Crippen molar-refractivity contribution in [2.45, 2.75) is 32.9 Å². The second-order valence-electron chi connectivity index (χ2n) is 5.08. The first kappa shape index (κ1) is 13.1. The van der Waals surface area contributed by atoms with E-state index in [-0.39, 0.29) is 0 Å². The van der Waals surface area contributed by atoms with Crippen LogP contribution in [0.15, 0.2) is 28.8 Å².